The summed E-state index contributed by atoms with van der Waals surface area (Å²) in [4.78, 5) is 31.1. The third kappa shape index (κ3) is 15.2. The minimum Gasteiger partial charge on any atom is -0.481 e. The number of primary amides is 1. The van der Waals surface area contributed by atoms with Crippen molar-refractivity contribution in [1.82, 2.24) is 0 Å². The minimum absolute atomic E-state index is 0.0106. The number of hydrogen-bond donors (Lipinski definition) is 4. The zero-order valence-electron chi connectivity index (χ0n) is 26.8. The highest BCUT2D eigenvalue weighted by Crippen LogP contribution is 2.22. The second-order valence-corrected chi connectivity index (χ2v) is 10.3. The van der Waals surface area contributed by atoms with Gasteiger partial charge in [-0.25, -0.2) is 0 Å². The predicted octanol–water partition coefficient (Wildman–Crippen LogP) is 6.68. The summed E-state index contributed by atoms with van der Waals surface area (Å²) in [7, 11) is 1.00. The van der Waals surface area contributed by atoms with Gasteiger partial charge in [-0.15, -0.1) is 0 Å². The number of aryl methyl sites for hydroxylation is 1. The highest BCUT2D eigenvalue weighted by molar-refractivity contribution is 5.86. The van der Waals surface area contributed by atoms with Crippen molar-refractivity contribution >= 4 is 28.6 Å². The van der Waals surface area contributed by atoms with Gasteiger partial charge in [-0.3, -0.25) is 14.4 Å². The van der Waals surface area contributed by atoms with Crippen molar-refractivity contribution in [2.24, 2.45) is 17.4 Å². The third-order valence-corrected chi connectivity index (χ3v) is 6.75. The van der Waals surface area contributed by atoms with Crippen LogP contribution in [0.15, 0.2) is 97.1 Å². The topological polar surface area (TPSA) is 153 Å². The maximum absolute atomic E-state index is 11.6. The van der Waals surface area contributed by atoms with Gasteiger partial charge in [0.05, 0.1) is 18.9 Å². The van der Waals surface area contributed by atoms with E-state index in [0.717, 1.165) is 26.4 Å². The van der Waals surface area contributed by atoms with Crippen LogP contribution in [0, 0.1) is 5.92 Å². The minimum atomic E-state index is -0.996. The van der Waals surface area contributed by atoms with Crippen molar-refractivity contribution in [1.29, 1.82) is 0 Å². The molecule has 0 heterocycles. The molecule has 0 saturated heterocycles. The van der Waals surface area contributed by atoms with Gasteiger partial charge in [0, 0.05) is 19.6 Å². The Kier molecular flexibility index (Phi) is 18.9. The summed E-state index contributed by atoms with van der Waals surface area (Å²) in [6, 6.07) is 33.8. The van der Waals surface area contributed by atoms with E-state index < -0.39 is 11.9 Å². The first kappa shape index (κ1) is 38.5. The van der Waals surface area contributed by atoms with Gasteiger partial charge >= 0.3 is 11.9 Å². The smallest absolute Gasteiger partial charge is 0.308 e. The molecule has 0 aromatic heterocycles. The Hall–Kier alpha value is -4.53. The molecule has 0 fully saturated rings. The van der Waals surface area contributed by atoms with Crippen LogP contribution in [-0.4, -0.2) is 41.8 Å². The standard InChI is InChI=1S/C20H24O2.C12H13N.C4H7NO3.CH4O/c1-3-22-20(21)16(2)8-7-9-17-12-14-19(15-13-17)18-10-5-4-6-11-18;1-9(13)11-8-4-6-10-5-2-3-7-12(10)11;5-3(6)1-2-4(7)8;1-2/h4-6,10-16H,3,7-9H2,1-2H3;2-9H,13H2,1H3;1-2H2,(H2,5,6)(H,7,8);2H,1H3/t16-;;;/m1.../s1. The lowest BCUT2D eigenvalue weighted by atomic mass is 9.99. The second-order valence-electron chi connectivity index (χ2n) is 10.3. The van der Waals surface area contributed by atoms with Gasteiger partial charge in [0.25, 0.3) is 0 Å². The van der Waals surface area contributed by atoms with E-state index in [1.54, 1.807) is 0 Å². The van der Waals surface area contributed by atoms with Crippen LogP contribution in [0.4, 0.5) is 0 Å². The SMILES string of the molecule is CC(N)c1cccc2ccccc12.CCOC(=O)[C@H](C)CCCc1ccc(-c2ccccc2)cc1.CO.NC(=O)CCC(=O)O. The van der Waals surface area contributed by atoms with Gasteiger partial charge in [0.1, 0.15) is 0 Å². The van der Waals surface area contributed by atoms with E-state index in [1.807, 2.05) is 39.0 Å². The fourth-order valence-corrected chi connectivity index (χ4v) is 4.39. The summed E-state index contributed by atoms with van der Waals surface area (Å²) >= 11 is 0. The summed E-state index contributed by atoms with van der Waals surface area (Å²) in [6.45, 7) is 6.27. The van der Waals surface area contributed by atoms with E-state index >= 15 is 0 Å². The van der Waals surface area contributed by atoms with Crippen molar-refractivity contribution in [2.75, 3.05) is 13.7 Å². The number of carbonyl (C=O) groups excluding carboxylic acids is 2. The number of carboxylic acid groups (broad SMARTS) is 1. The highest BCUT2D eigenvalue weighted by atomic mass is 16.5. The van der Waals surface area contributed by atoms with Crippen molar-refractivity contribution in [3.05, 3.63) is 108 Å². The number of esters is 1. The van der Waals surface area contributed by atoms with Gasteiger partial charge < -0.3 is 26.4 Å². The van der Waals surface area contributed by atoms with Crippen molar-refractivity contribution in [3.63, 3.8) is 0 Å². The van der Waals surface area contributed by atoms with Gasteiger partial charge in [-0.2, -0.15) is 0 Å². The monoisotopic (exact) mass is 616 g/mol. The summed E-state index contributed by atoms with van der Waals surface area (Å²) in [5.41, 5.74) is 15.5. The third-order valence-electron chi connectivity index (χ3n) is 6.75. The fourth-order valence-electron chi connectivity index (χ4n) is 4.39. The number of carboxylic acids is 1. The molecule has 0 aliphatic carbocycles. The molecular weight excluding hydrogens is 568 g/mol. The maximum Gasteiger partial charge on any atom is 0.308 e. The molecule has 4 rings (SSSR count). The van der Waals surface area contributed by atoms with E-state index in [-0.39, 0.29) is 30.8 Å². The highest BCUT2D eigenvalue weighted by Gasteiger charge is 2.13. The van der Waals surface area contributed by atoms with Gasteiger partial charge in [0.2, 0.25) is 5.91 Å². The number of nitrogens with two attached hydrogens (primary N) is 2. The van der Waals surface area contributed by atoms with Crippen molar-refractivity contribution in [3.8, 4) is 11.1 Å². The molecule has 0 aliphatic heterocycles. The summed E-state index contributed by atoms with van der Waals surface area (Å²) < 4.78 is 5.03. The van der Waals surface area contributed by atoms with E-state index in [0.29, 0.717) is 6.61 Å². The van der Waals surface area contributed by atoms with Crippen LogP contribution in [0.25, 0.3) is 21.9 Å². The lowest BCUT2D eigenvalue weighted by molar-refractivity contribution is -0.147. The van der Waals surface area contributed by atoms with E-state index in [9.17, 15) is 14.4 Å². The Bertz CT molecular complexity index is 1400. The number of hydrogen-bond acceptors (Lipinski definition) is 6. The lowest BCUT2D eigenvalue weighted by Crippen LogP contribution is -2.14. The van der Waals surface area contributed by atoms with E-state index in [2.05, 4.69) is 84.6 Å². The van der Waals surface area contributed by atoms with Crippen LogP contribution in [0.5, 0.6) is 0 Å². The molecule has 8 heteroatoms. The Balaban J connectivity index is 0.000000371. The Morgan fingerprint density at radius 1 is 0.778 bits per heavy atom. The molecule has 0 saturated carbocycles. The normalized spacial score (nSPS) is 11.2. The summed E-state index contributed by atoms with van der Waals surface area (Å²) in [5.74, 6) is -1.67. The zero-order chi connectivity index (χ0) is 33.6. The zero-order valence-corrected chi connectivity index (χ0v) is 26.8. The Labute approximate surface area is 267 Å². The van der Waals surface area contributed by atoms with E-state index in [1.165, 1.54) is 33.0 Å². The molecule has 1 unspecified atom stereocenters. The molecule has 0 bridgehead atoms. The first-order valence-corrected chi connectivity index (χ1v) is 15.1. The average molecular weight is 617 g/mol. The van der Waals surface area contributed by atoms with Crippen LogP contribution >= 0.6 is 0 Å². The molecule has 1 amide bonds. The van der Waals surface area contributed by atoms with Gasteiger partial charge in [-0.1, -0.05) is 104 Å². The molecule has 242 valence electrons. The molecule has 2 atom stereocenters. The number of benzene rings is 4. The Morgan fingerprint density at radius 2 is 1.36 bits per heavy atom. The molecular formula is C37H48N2O6. The molecule has 4 aromatic rings. The average Bonchev–Trinajstić information content (AvgIpc) is 3.06. The van der Waals surface area contributed by atoms with Crippen molar-refractivity contribution < 1.29 is 29.3 Å². The second kappa shape index (κ2) is 22.0. The van der Waals surface area contributed by atoms with E-state index in [4.69, 9.17) is 20.7 Å². The molecule has 6 N–H and O–H groups in total. The number of aliphatic hydroxyl groups excluding tert-OH is 1. The quantitative estimate of drug-likeness (QED) is 0.137. The number of amides is 1. The number of ether oxygens (including phenoxy) is 1. The fraction of sp³-hybridized carbons (Fsp3) is 0.324. The molecule has 4 aromatic carbocycles. The van der Waals surface area contributed by atoms with Gasteiger partial charge in [-0.05, 0) is 66.1 Å². The maximum atomic E-state index is 11.6. The molecule has 0 aliphatic rings. The van der Waals surface area contributed by atoms with Crippen LogP contribution in [0.1, 0.15) is 63.6 Å². The number of aliphatic hydroxyl groups is 1. The van der Waals surface area contributed by atoms with Crippen LogP contribution in [0.3, 0.4) is 0 Å². The van der Waals surface area contributed by atoms with Crippen LogP contribution in [0.2, 0.25) is 0 Å². The molecule has 0 radical (unpaired) electrons. The number of carbonyl (C=O) groups is 3. The molecule has 0 spiro atoms. The van der Waals surface area contributed by atoms with Crippen molar-refractivity contribution in [2.45, 2.75) is 58.9 Å². The summed E-state index contributed by atoms with van der Waals surface area (Å²) in [6.07, 6.45) is 2.63. The number of rotatable bonds is 11. The number of aliphatic carboxylic acids is 1. The predicted molar refractivity (Wildman–Crippen MR) is 181 cm³/mol. The van der Waals surface area contributed by atoms with Crippen LogP contribution < -0.4 is 11.5 Å². The first-order chi connectivity index (χ1) is 21.6. The Morgan fingerprint density at radius 3 is 1.91 bits per heavy atom. The molecule has 45 heavy (non-hydrogen) atoms. The first-order valence-electron chi connectivity index (χ1n) is 15.1. The van der Waals surface area contributed by atoms with Crippen LogP contribution in [-0.2, 0) is 25.5 Å². The molecule has 8 nitrogen and oxygen atoms in total. The summed E-state index contributed by atoms with van der Waals surface area (Å²) in [5, 5.41) is 17.5. The lowest BCUT2D eigenvalue weighted by Gasteiger charge is -2.10. The number of fused-ring (bicyclic) bond motifs is 1. The largest absolute Gasteiger partial charge is 0.481 e. The van der Waals surface area contributed by atoms with Gasteiger partial charge in [0.15, 0.2) is 0 Å².